The number of alkyl carbamates (subject to hydrolysis) is 2. The van der Waals surface area contributed by atoms with Gasteiger partial charge < -0.3 is 34.3 Å². The Morgan fingerprint density at radius 2 is 1.18 bits per heavy atom. The highest BCUT2D eigenvalue weighted by Gasteiger charge is 2.39. The zero-order chi connectivity index (χ0) is 30.1. The molecule has 0 heterocycles. The normalized spacial score (nSPS) is 10.4. The van der Waals surface area contributed by atoms with Gasteiger partial charge in [-0.1, -0.05) is 43.5 Å². The standard InChI is InChI=1S/C27H34N2O11/c1-18(2)22(31)36-13-11-28-25(34)39-16-27(5,17-40-26(35)29-12-14-37-23(32)19(3)4)24(33)38-15-21(30)20-9-7-6-8-10-20/h6-10H,1,3,11-17H2,2,4-5H3,(H,28,34)(H,29,35). The number of amides is 2. The monoisotopic (exact) mass is 562 g/mol. The molecule has 13 nitrogen and oxygen atoms in total. The van der Waals surface area contributed by atoms with Crippen molar-refractivity contribution < 1.29 is 52.5 Å². The van der Waals surface area contributed by atoms with Crippen molar-refractivity contribution in [2.75, 3.05) is 46.1 Å². The third-order valence-corrected chi connectivity index (χ3v) is 4.87. The molecular formula is C27H34N2O11. The van der Waals surface area contributed by atoms with Gasteiger partial charge >= 0.3 is 30.1 Å². The Balaban J connectivity index is 2.69. The maximum Gasteiger partial charge on any atom is 0.407 e. The number of ketones is 1. The molecule has 0 aliphatic rings. The fourth-order valence-corrected chi connectivity index (χ4v) is 2.56. The summed E-state index contributed by atoms with van der Waals surface area (Å²) in [5, 5.41) is 4.67. The Hall–Kier alpha value is -4.68. The van der Waals surface area contributed by atoms with E-state index in [0.29, 0.717) is 5.56 Å². The van der Waals surface area contributed by atoms with Gasteiger partial charge in [-0.05, 0) is 20.8 Å². The third-order valence-electron chi connectivity index (χ3n) is 4.87. The van der Waals surface area contributed by atoms with E-state index in [-0.39, 0.29) is 37.4 Å². The maximum absolute atomic E-state index is 12.9. The van der Waals surface area contributed by atoms with E-state index >= 15 is 0 Å². The Kier molecular flexibility index (Phi) is 14.2. The lowest BCUT2D eigenvalue weighted by atomic mass is 9.93. The van der Waals surface area contributed by atoms with Crippen LogP contribution in [0.25, 0.3) is 0 Å². The number of esters is 3. The minimum Gasteiger partial charge on any atom is -0.460 e. The zero-order valence-corrected chi connectivity index (χ0v) is 22.7. The number of Topliss-reactive ketones (excluding diaryl/α,β-unsaturated/α-hetero) is 1. The quantitative estimate of drug-likeness (QED) is 0.0993. The van der Waals surface area contributed by atoms with Crippen LogP contribution in [-0.2, 0) is 38.1 Å². The van der Waals surface area contributed by atoms with Crippen LogP contribution in [0.15, 0.2) is 54.6 Å². The fraction of sp³-hybridized carbons (Fsp3) is 0.407. The Morgan fingerprint density at radius 3 is 1.60 bits per heavy atom. The second-order valence-corrected chi connectivity index (χ2v) is 8.76. The van der Waals surface area contributed by atoms with E-state index in [0.717, 1.165) is 0 Å². The first-order valence-electron chi connectivity index (χ1n) is 12.1. The number of nitrogens with one attached hydrogen (secondary N) is 2. The van der Waals surface area contributed by atoms with Crippen molar-refractivity contribution in [3.05, 3.63) is 60.2 Å². The van der Waals surface area contributed by atoms with Crippen LogP contribution in [0.5, 0.6) is 0 Å². The molecule has 1 aromatic rings. The number of ether oxygens (including phenoxy) is 5. The van der Waals surface area contributed by atoms with Gasteiger partial charge in [0.15, 0.2) is 12.4 Å². The SMILES string of the molecule is C=C(C)C(=O)OCCNC(=O)OCC(C)(COC(=O)NCCOC(=O)C(=C)C)C(=O)OCC(=O)c1ccccc1. The number of hydrogen-bond acceptors (Lipinski definition) is 11. The van der Waals surface area contributed by atoms with Gasteiger partial charge in [0.2, 0.25) is 0 Å². The molecule has 0 aliphatic carbocycles. The lowest BCUT2D eigenvalue weighted by Crippen LogP contribution is -2.43. The Labute approximate surface area is 231 Å². The van der Waals surface area contributed by atoms with Crippen LogP contribution in [0, 0.1) is 5.41 Å². The molecule has 218 valence electrons. The van der Waals surface area contributed by atoms with Gasteiger partial charge in [0.25, 0.3) is 0 Å². The summed E-state index contributed by atoms with van der Waals surface area (Å²) in [7, 11) is 0. The summed E-state index contributed by atoms with van der Waals surface area (Å²) in [5.41, 5.74) is -0.994. The van der Waals surface area contributed by atoms with E-state index in [1.54, 1.807) is 30.3 Å². The molecule has 2 amide bonds. The van der Waals surface area contributed by atoms with Gasteiger partial charge in [-0.15, -0.1) is 0 Å². The molecule has 1 aromatic carbocycles. The molecule has 0 aliphatic heterocycles. The van der Waals surface area contributed by atoms with Crippen LogP contribution in [0.3, 0.4) is 0 Å². The molecule has 0 bridgehead atoms. The van der Waals surface area contributed by atoms with E-state index in [2.05, 4.69) is 23.8 Å². The predicted octanol–water partition coefficient (Wildman–Crippen LogP) is 2.11. The molecule has 0 atom stereocenters. The zero-order valence-electron chi connectivity index (χ0n) is 22.7. The Bertz CT molecular complexity index is 1050. The molecule has 0 saturated carbocycles. The van der Waals surface area contributed by atoms with Gasteiger partial charge in [-0.25, -0.2) is 19.2 Å². The minimum atomic E-state index is -1.70. The highest BCUT2D eigenvalue weighted by molar-refractivity contribution is 5.98. The van der Waals surface area contributed by atoms with Crippen LogP contribution in [0.2, 0.25) is 0 Å². The number of hydrogen-bond donors (Lipinski definition) is 2. The molecule has 0 saturated heterocycles. The Morgan fingerprint density at radius 1 is 0.725 bits per heavy atom. The number of rotatable bonds is 16. The topological polar surface area (TPSA) is 173 Å². The van der Waals surface area contributed by atoms with E-state index in [1.807, 2.05) is 0 Å². The van der Waals surface area contributed by atoms with Gasteiger partial charge in [0, 0.05) is 16.7 Å². The summed E-state index contributed by atoms with van der Waals surface area (Å²) in [6, 6.07) is 8.13. The molecular weight excluding hydrogens is 528 g/mol. The summed E-state index contributed by atoms with van der Waals surface area (Å²) in [5.74, 6) is -2.69. The van der Waals surface area contributed by atoms with Crippen LogP contribution in [-0.4, -0.2) is 82.0 Å². The maximum atomic E-state index is 12.9. The minimum absolute atomic E-state index is 0.0839. The molecule has 1 rings (SSSR count). The average Bonchev–Trinajstić information content (AvgIpc) is 2.93. The van der Waals surface area contributed by atoms with Gasteiger partial charge in [-0.2, -0.15) is 0 Å². The van der Waals surface area contributed by atoms with Gasteiger partial charge in [0.05, 0.1) is 13.1 Å². The summed E-state index contributed by atoms with van der Waals surface area (Å²) < 4.78 is 25.0. The number of benzene rings is 1. The van der Waals surface area contributed by atoms with E-state index in [4.69, 9.17) is 23.7 Å². The highest BCUT2D eigenvalue weighted by Crippen LogP contribution is 2.21. The molecule has 2 N–H and O–H groups in total. The van der Waals surface area contributed by atoms with E-state index in [1.165, 1.54) is 20.8 Å². The van der Waals surface area contributed by atoms with Crippen molar-refractivity contribution in [1.82, 2.24) is 10.6 Å². The number of carbonyl (C=O) groups is 6. The van der Waals surface area contributed by atoms with Crippen molar-refractivity contribution in [2.24, 2.45) is 5.41 Å². The molecule has 0 radical (unpaired) electrons. The summed E-state index contributed by atoms with van der Waals surface area (Å²) in [4.78, 5) is 72.2. The largest absolute Gasteiger partial charge is 0.460 e. The predicted molar refractivity (Wildman–Crippen MR) is 140 cm³/mol. The van der Waals surface area contributed by atoms with Crippen molar-refractivity contribution in [3.63, 3.8) is 0 Å². The first-order valence-corrected chi connectivity index (χ1v) is 12.1. The summed E-state index contributed by atoms with van der Waals surface area (Å²) in [6.45, 7) is 8.88. The molecule has 0 aromatic heterocycles. The third kappa shape index (κ3) is 12.7. The second kappa shape index (κ2) is 17.0. The van der Waals surface area contributed by atoms with Crippen molar-refractivity contribution in [2.45, 2.75) is 20.8 Å². The van der Waals surface area contributed by atoms with Crippen molar-refractivity contribution in [1.29, 1.82) is 0 Å². The van der Waals surface area contributed by atoms with Gasteiger partial charge in [-0.3, -0.25) is 9.59 Å². The van der Waals surface area contributed by atoms with Crippen molar-refractivity contribution in [3.8, 4) is 0 Å². The molecule has 0 spiro atoms. The second-order valence-electron chi connectivity index (χ2n) is 8.76. The lowest BCUT2D eigenvalue weighted by Gasteiger charge is -2.26. The van der Waals surface area contributed by atoms with Crippen molar-refractivity contribution >= 4 is 35.9 Å². The number of carbonyl (C=O) groups excluding carboxylic acids is 6. The van der Waals surface area contributed by atoms with E-state index in [9.17, 15) is 28.8 Å². The summed E-state index contributed by atoms with van der Waals surface area (Å²) in [6.07, 6.45) is -1.90. The highest BCUT2D eigenvalue weighted by atomic mass is 16.6. The fourth-order valence-electron chi connectivity index (χ4n) is 2.56. The molecule has 0 fully saturated rings. The molecule has 13 heteroatoms. The first-order chi connectivity index (χ1) is 18.9. The van der Waals surface area contributed by atoms with Crippen LogP contribution >= 0.6 is 0 Å². The van der Waals surface area contributed by atoms with Gasteiger partial charge in [0.1, 0.15) is 31.8 Å². The van der Waals surface area contributed by atoms with Crippen LogP contribution in [0.1, 0.15) is 31.1 Å². The first kappa shape index (κ1) is 33.3. The van der Waals surface area contributed by atoms with Crippen LogP contribution < -0.4 is 10.6 Å². The summed E-state index contributed by atoms with van der Waals surface area (Å²) >= 11 is 0. The average molecular weight is 563 g/mol. The van der Waals surface area contributed by atoms with E-state index < -0.39 is 61.1 Å². The smallest absolute Gasteiger partial charge is 0.407 e. The molecule has 40 heavy (non-hydrogen) atoms. The van der Waals surface area contributed by atoms with Crippen LogP contribution in [0.4, 0.5) is 9.59 Å². The molecule has 0 unspecified atom stereocenters. The lowest BCUT2D eigenvalue weighted by molar-refractivity contribution is -0.159.